The van der Waals surface area contributed by atoms with Gasteiger partial charge in [0.05, 0.1) is 6.61 Å². The summed E-state index contributed by atoms with van der Waals surface area (Å²) in [6.07, 6.45) is 2.60. The maximum atomic E-state index is 5.54. The predicted octanol–water partition coefficient (Wildman–Crippen LogP) is 2.66. The van der Waals surface area contributed by atoms with Crippen LogP contribution in [0.4, 0.5) is 0 Å². The second-order valence-corrected chi connectivity index (χ2v) is 5.19. The van der Waals surface area contributed by atoms with Gasteiger partial charge < -0.3 is 15.0 Å². The van der Waals surface area contributed by atoms with Gasteiger partial charge in [0.15, 0.2) is 0 Å². The topological polar surface area (TPSA) is 24.5 Å². The maximum absolute atomic E-state index is 5.54. The molecule has 1 heterocycles. The number of likely N-dealkylation sites (tertiary alicyclic amines) is 1. The summed E-state index contributed by atoms with van der Waals surface area (Å²) in [5, 5.41) is 3.67. The molecular weight excluding hydrogens is 236 g/mol. The second-order valence-electron chi connectivity index (χ2n) is 5.19. The summed E-state index contributed by atoms with van der Waals surface area (Å²) in [6, 6.07) is 9.02. The van der Waals surface area contributed by atoms with E-state index in [9.17, 15) is 0 Å². The van der Waals surface area contributed by atoms with E-state index in [0.29, 0.717) is 6.04 Å². The van der Waals surface area contributed by atoms with Gasteiger partial charge in [0.1, 0.15) is 5.75 Å². The first-order valence-electron chi connectivity index (χ1n) is 7.49. The Hall–Kier alpha value is -1.06. The summed E-state index contributed by atoms with van der Waals surface area (Å²) in [5.74, 6) is 0.973. The van der Waals surface area contributed by atoms with E-state index < -0.39 is 0 Å². The van der Waals surface area contributed by atoms with Crippen molar-refractivity contribution in [3.05, 3.63) is 29.8 Å². The Kier molecular flexibility index (Phi) is 5.67. The Labute approximate surface area is 116 Å². The van der Waals surface area contributed by atoms with Gasteiger partial charge in [-0.1, -0.05) is 19.1 Å². The zero-order valence-electron chi connectivity index (χ0n) is 12.2. The van der Waals surface area contributed by atoms with Gasteiger partial charge in [-0.2, -0.15) is 0 Å². The molecule has 1 unspecified atom stereocenters. The minimum Gasteiger partial charge on any atom is -0.494 e. The van der Waals surface area contributed by atoms with E-state index in [1.54, 1.807) is 0 Å². The van der Waals surface area contributed by atoms with Gasteiger partial charge in [-0.3, -0.25) is 0 Å². The van der Waals surface area contributed by atoms with Crippen molar-refractivity contribution >= 4 is 0 Å². The van der Waals surface area contributed by atoms with Crippen molar-refractivity contribution in [3.8, 4) is 5.75 Å². The lowest BCUT2D eigenvalue weighted by molar-refractivity contribution is 0.198. The van der Waals surface area contributed by atoms with Crippen LogP contribution in [0.3, 0.4) is 0 Å². The van der Waals surface area contributed by atoms with Crippen LogP contribution in [0.25, 0.3) is 0 Å². The fourth-order valence-electron chi connectivity index (χ4n) is 2.68. The van der Waals surface area contributed by atoms with Crippen LogP contribution in [0.15, 0.2) is 24.3 Å². The first kappa shape index (κ1) is 14.4. The number of nitrogens with zero attached hydrogens (tertiary/aromatic N) is 1. The molecule has 0 radical (unpaired) electrons. The SMILES string of the molecule is CCOc1cccc(CNC2CCCN(CC)C2)c1. The molecule has 2 rings (SSSR count). The van der Waals surface area contributed by atoms with Crippen molar-refractivity contribution < 1.29 is 4.74 Å². The van der Waals surface area contributed by atoms with Crippen LogP contribution in [0.5, 0.6) is 5.75 Å². The fourth-order valence-corrected chi connectivity index (χ4v) is 2.68. The summed E-state index contributed by atoms with van der Waals surface area (Å²) in [4.78, 5) is 2.53. The van der Waals surface area contributed by atoms with Crippen LogP contribution in [-0.2, 0) is 6.54 Å². The molecule has 1 aliphatic rings. The Balaban J connectivity index is 1.82. The normalized spacial score (nSPS) is 20.4. The molecule has 19 heavy (non-hydrogen) atoms. The smallest absolute Gasteiger partial charge is 0.119 e. The van der Waals surface area contributed by atoms with E-state index in [-0.39, 0.29) is 0 Å². The van der Waals surface area contributed by atoms with Crippen LogP contribution in [0.1, 0.15) is 32.3 Å². The van der Waals surface area contributed by atoms with Gasteiger partial charge in [0.25, 0.3) is 0 Å². The molecule has 0 bridgehead atoms. The number of piperidine rings is 1. The van der Waals surface area contributed by atoms with Gasteiger partial charge in [-0.15, -0.1) is 0 Å². The molecule has 0 aliphatic carbocycles. The highest BCUT2D eigenvalue weighted by atomic mass is 16.5. The lowest BCUT2D eigenvalue weighted by Gasteiger charge is -2.32. The average Bonchev–Trinajstić information content (AvgIpc) is 2.46. The molecule has 0 spiro atoms. The van der Waals surface area contributed by atoms with Crippen molar-refractivity contribution in [1.82, 2.24) is 10.2 Å². The van der Waals surface area contributed by atoms with Crippen molar-refractivity contribution in [1.29, 1.82) is 0 Å². The van der Waals surface area contributed by atoms with Crippen LogP contribution in [-0.4, -0.2) is 37.2 Å². The Morgan fingerprint density at radius 2 is 2.26 bits per heavy atom. The number of rotatable bonds is 6. The van der Waals surface area contributed by atoms with Gasteiger partial charge in [0.2, 0.25) is 0 Å². The fraction of sp³-hybridized carbons (Fsp3) is 0.625. The van der Waals surface area contributed by atoms with E-state index in [1.807, 2.05) is 13.0 Å². The quantitative estimate of drug-likeness (QED) is 0.853. The highest BCUT2D eigenvalue weighted by Gasteiger charge is 2.17. The Morgan fingerprint density at radius 1 is 1.37 bits per heavy atom. The monoisotopic (exact) mass is 262 g/mol. The third-order valence-corrected chi connectivity index (χ3v) is 3.76. The largest absolute Gasteiger partial charge is 0.494 e. The standard InChI is InChI=1S/C16H26N2O/c1-3-18-10-6-8-15(13-18)17-12-14-7-5-9-16(11-14)19-4-2/h5,7,9,11,15,17H,3-4,6,8,10,12-13H2,1-2H3. The molecule has 0 amide bonds. The summed E-state index contributed by atoms with van der Waals surface area (Å²) in [7, 11) is 0. The lowest BCUT2D eigenvalue weighted by atomic mass is 10.1. The van der Waals surface area contributed by atoms with Crippen molar-refractivity contribution in [2.75, 3.05) is 26.2 Å². The highest BCUT2D eigenvalue weighted by molar-refractivity contribution is 5.28. The number of hydrogen-bond donors (Lipinski definition) is 1. The molecule has 1 N–H and O–H groups in total. The number of benzene rings is 1. The minimum atomic E-state index is 0.629. The van der Waals surface area contributed by atoms with E-state index in [0.717, 1.165) is 25.4 Å². The maximum Gasteiger partial charge on any atom is 0.119 e. The average molecular weight is 262 g/mol. The number of hydrogen-bond acceptors (Lipinski definition) is 3. The van der Waals surface area contributed by atoms with Gasteiger partial charge in [0, 0.05) is 19.1 Å². The van der Waals surface area contributed by atoms with E-state index >= 15 is 0 Å². The minimum absolute atomic E-state index is 0.629. The molecule has 1 saturated heterocycles. The third kappa shape index (κ3) is 4.51. The summed E-state index contributed by atoms with van der Waals surface area (Å²) in [6.45, 7) is 9.53. The zero-order valence-corrected chi connectivity index (χ0v) is 12.2. The molecule has 3 nitrogen and oxygen atoms in total. The van der Waals surface area contributed by atoms with Crippen molar-refractivity contribution in [2.24, 2.45) is 0 Å². The van der Waals surface area contributed by atoms with Crippen LogP contribution in [0, 0.1) is 0 Å². The molecule has 0 aromatic heterocycles. The number of ether oxygens (including phenoxy) is 1. The molecule has 1 fully saturated rings. The summed E-state index contributed by atoms with van der Waals surface area (Å²) >= 11 is 0. The molecule has 1 aliphatic heterocycles. The van der Waals surface area contributed by atoms with E-state index in [4.69, 9.17) is 4.74 Å². The number of likely N-dealkylation sites (N-methyl/N-ethyl adjacent to an activating group) is 1. The first-order valence-corrected chi connectivity index (χ1v) is 7.49. The molecular formula is C16H26N2O. The molecule has 0 saturated carbocycles. The van der Waals surface area contributed by atoms with Crippen LogP contribution >= 0.6 is 0 Å². The summed E-state index contributed by atoms with van der Waals surface area (Å²) in [5.41, 5.74) is 1.31. The van der Waals surface area contributed by atoms with Crippen molar-refractivity contribution in [2.45, 2.75) is 39.3 Å². The molecule has 1 atom stereocenters. The van der Waals surface area contributed by atoms with Gasteiger partial charge >= 0.3 is 0 Å². The zero-order chi connectivity index (χ0) is 13.5. The Morgan fingerprint density at radius 3 is 3.05 bits per heavy atom. The second kappa shape index (κ2) is 7.51. The summed E-state index contributed by atoms with van der Waals surface area (Å²) < 4.78 is 5.54. The molecule has 3 heteroatoms. The highest BCUT2D eigenvalue weighted by Crippen LogP contribution is 2.14. The van der Waals surface area contributed by atoms with E-state index in [1.165, 1.54) is 31.5 Å². The van der Waals surface area contributed by atoms with Crippen molar-refractivity contribution in [3.63, 3.8) is 0 Å². The third-order valence-electron chi connectivity index (χ3n) is 3.76. The van der Waals surface area contributed by atoms with Gasteiger partial charge in [-0.25, -0.2) is 0 Å². The predicted molar refractivity (Wildman–Crippen MR) is 79.6 cm³/mol. The molecule has 106 valence electrons. The Bertz CT molecular complexity index is 381. The van der Waals surface area contributed by atoms with Crippen LogP contribution < -0.4 is 10.1 Å². The molecule has 1 aromatic carbocycles. The van der Waals surface area contributed by atoms with Gasteiger partial charge in [-0.05, 0) is 50.6 Å². The van der Waals surface area contributed by atoms with E-state index in [2.05, 4.69) is 35.3 Å². The lowest BCUT2D eigenvalue weighted by Crippen LogP contribution is -2.45. The number of nitrogens with one attached hydrogen (secondary N) is 1. The first-order chi connectivity index (χ1) is 9.31. The molecule has 1 aromatic rings. The van der Waals surface area contributed by atoms with Crippen LogP contribution in [0.2, 0.25) is 0 Å².